The maximum absolute atomic E-state index is 15.7. The highest BCUT2D eigenvalue weighted by molar-refractivity contribution is 7.85. The van der Waals surface area contributed by atoms with Crippen LogP contribution in [0.4, 0.5) is 23.2 Å². The highest BCUT2D eigenvalue weighted by Crippen LogP contribution is 2.54. The number of pyridine rings is 1. The van der Waals surface area contributed by atoms with Crippen LogP contribution in [0.5, 0.6) is 0 Å². The number of unbranched alkanes of at least 4 members (excludes halogenated alkanes) is 3. The molecule has 10 nitrogen and oxygen atoms in total. The summed E-state index contributed by atoms with van der Waals surface area (Å²) in [5, 5.41) is 1.38. The van der Waals surface area contributed by atoms with Crippen molar-refractivity contribution in [1.82, 2.24) is 5.06 Å². The Labute approximate surface area is 292 Å². The number of hydrogen-bond acceptors (Lipinski definition) is 7. The molecule has 0 saturated carbocycles. The number of hydroxylamine groups is 2. The van der Waals surface area contributed by atoms with Crippen LogP contribution in [-0.4, -0.2) is 48.1 Å². The SMILES string of the molecule is C[n+]1ccc(C=CC=C2N(CCCCCC(=O)ON3C(=O)CCC3=O)c3c(F)c(F)c(F)c(F)c3C2(C)CCCCS(=O)(=O)O)c2ccccc21. The third-order valence-electron chi connectivity index (χ3n) is 9.31. The van der Waals surface area contributed by atoms with E-state index in [1.54, 1.807) is 25.2 Å². The van der Waals surface area contributed by atoms with Crippen LogP contribution in [0, 0.1) is 23.3 Å². The molecule has 0 aliphatic carbocycles. The average Bonchev–Trinajstić information content (AvgIpc) is 3.53. The minimum absolute atomic E-state index is 0.00297. The summed E-state index contributed by atoms with van der Waals surface area (Å²) in [4.78, 5) is 42.0. The van der Waals surface area contributed by atoms with E-state index in [9.17, 15) is 36.1 Å². The Morgan fingerprint density at radius 2 is 1.65 bits per heavy atom. The molecule has 3 aromatic rings. The molecule has 15 heteroatoms. The third-order valence-corrected chi connectivity index (χ3v) is 10.1. The Morgan fingerprint density at radius 1 is 0.961 bits per heavy atom. The largest absolute Gasteiger partial charge is 0.341 e. The normalized spacial score (nSPS) is 18.5. The molecule has 1 unspecified atom stereocenters. The monoisotopic (exact) mass is 732 g/mol. The molecule has 0 bridgehead atoms. The van der Waals surface area contributed by atoms with Crippen molar-refractivity contribution in [1.29, 1.82) is 0 Å². The minimum atomic E-state index is -4.30. The van der Waals surface area contributed by atoms with E-state index >= 15 is 8.78 Å². The highest BCUT2D eigenvalue weighted by atomic mass is 32.2. The predicted octanol–water partition coefficient (Wildman–Crippen LogP) is 6.12. The fraction of sp³-hybridized carbons (Fsp3) is 0.389. The zero-order valence-corrected chi connectivity index (χ0v) is 28.9. The molecule has 1 aromatic heterocycles. The summed E-state index contributed by atoms with van der Waals surface area (Å²) in [6.45, 7) is 1.55. The highest BCUT2D eigenvalue weighted by Gasteiger charge is 2.49. The number of anilines is 1. The van der Waals surface area contributed by atoms with Crippen molar-refractivity contribution >= 4 is 50.6 Å². The third kappa shape index (κ3) is 7.99. The van der Waals surface area contributed by atoms with Gasteiger partial charge in [0.15, 0.2) is 29.5 Å². The Bertz CT molecular complexity index is 2040. The maximum atomic E-state index is 15.7. The molecule has 0 spiro atoms. The number of para-hydroxylation sites is 1. The van der Waals surface area contributed by atoms with Gasteiger partial charge in [0.2, 0.25) is 5.52 Å². The number of aryl methyl sites for hydroxylation is 1. The molecular formula is C36H38F4N3O7S+. The first-order valence-corrected chi connectivity index (χ1v) is 18.2. The summed E-state index contributed by atoms with van der Waals surface area (Å²) < 4.78 is 95.0. The van der Waals surface area contributed by atoms with E-state index in [0.717, 1.165) is 16.5 Å². The smallest absolute Gasteiger partial charge is 0.333 e. The quantitative estimate of drug-likeness (QED) is 0.0400. The molecule has 1 fully saturated rings. The average molecular weight is 733 g/mol. The van der Waals surface area contributed by atoms with Crippen LogP contribution >= 0.6 is 0 Å². The van der Waals surface area contributed by atoms with Crippen molar-refractivity contribution in [3.8, 4) is 0 Å². The number of benzene rings is 2. The fourth-order valence-corrected chi connectivity index (χ4v) is 7.31. The molecule has 51 heavy (non-hydrogen) atoms. The van der Waals surface area contributed by atoms with E-state index in [1.807, 2.05) is 48.1 Å². The van der Waals surface area contributed by atoms with Crippen LogP contribution in [-0.2, 0) is 41.8 Å². The maximum Gasteiger partial charge on any atom is 0.333 e. The van der Waals surface area contributed by atoms with E-state index < -0.39 is 73.6 Å². The lowest BCUT2D eigenvalue weighted by atomic mass is 9.76. The number of nitrogens with zero attached hydrogens (tertiary/aromatic N) is 3. The number of halogens is 4. The van der Waals surface area contributed by atoms with E-state index in [1.165, 1.54) is 4.90 Å². The Balaban J connectivity index is 1.45. The Kier molecular flexibility index (Phi) is 11.3. The molecule has 3 heterocycles. The van der Waals surface area contributed by atoms with E-state index in [2.05, 4.69) is 0 Å². The number of imide groups is 1. The van der Waals surface area contributed by atoms with Gasteiger partial charge in [0.1, 0.15) is 7.05 Å². The topological polar surface area (TPSA) is 125 Å². The summed E-state index contributed by atoms with van der Waals surface area (Å²) in [7, 11) is -2.40. The molecule has 0 radical (unpaired) electrons. The van der Waals surface area contributed by atoms with Gasteiger partial charge in [-0.25, -0.2) is 26.9 Å². The molecular weight excluding hydrogens is 694 g/mol. The number of rotatable bonds is 14. The van der Waals surface area contributed by atoms with Crippen LogP contribution in [0.3, 0.4) is 0 Å². The second-order valence-corrected chi connectivity index (χ2v) is 14.4. The van der Waals surface area contributed by atoms with Gasteiger partial charge in [-0.2, -0.15) is 8.42 Å². The number of amides is 2. The van der Waals surface area contributed by atoms with Crippen molar-refractivity contribution in [2.45, 2.75) is 70.1 Å². The van der Waals surface area contributed by atoms with Gasteiger partial charge in [-0.1, -0.05) is 37.1 Å². The standard InChI is InChI=1S/C36H37F4N3O7S/c1-36(19-7-9-22-51(47,48)49)26(14-10-11-23-18-21-41(2)25-13-6-5-12-24(23)25)42(35-30(36)31(37)32(38)33(39)34(35)40)20-8-3-4-15-29(46)50-43-27(44)16-17-28(43)45/h5-6,10-14,18,21H,3-4,7-9,15-17,19-20,22H2,1-2H3/p+1. The van der Waals surface area contributed by atoms with Crippen molar-refractivity contribution in [2.75, 3.05) is 17.2 Å². The van der Waals surface area contributed by atoms with Gasteiger partial charge < -0.3 is 9.74 Å². The van der Waals surface area contributed by atoms with Gasteiger partial charge in [-0.3, -0.25) is 14.1 Å². The molecule has 2 aromatic carbocycles. The number of hydrogen-bond donors (Lipinski definition) is 1. The van der Waals surface area contributed by atoms with Gasteiger partial charge in [-0.05, 0) is 50.3 Å². The molecule has 2 amide bonds. The summed E-state index contributed by atoms with van der Waals surface area (Å²) in [6.07, 6.45) is 7.66. The van der Waals surface area contributed by atoms with E-state index in [0.29, 0.717) is 17.2 Å². The van der Waals surface area contributed by atoms with Gasteiger partial charge in [0, 0.05) is 54.6 Å². The van der Waals surface area contributed by atoms with Gasteiger partial charge in [-0.15, -0.1) is 5.06 Å². The van der Waals surface area contributed by atoms with Crippen molar-refractivity contribution in [2.24, 2.45) is 7.05 Å². The molecule has 5 rings (SSSR count). The van der Waals surface area contributed by atoms with E-state index in [-0.39, 0.29) is 57.9 Å². The minimum Gasteiger partial charge on any atom is -0.341 e. The number of allylic oxidation sites excluding steroid dienone is 3. The first-order valence-electron chi connectivity index (χ1n) is 16.6. The number of aromatic nitrogens is 1. The lowest BCUT2D eigenvalue weighted by Crippen LogP contribution is -2.32. The first kappa shape index (κ1) is 37.6. The molecule has 1 saturated heterocycles. The fourth-order valence-electron chi connectivity index (χ4n) is 6.74. The van der Waals surface area contributed by atoms with Gasteiger partial charge >= 0.3 is 5.97 Å². The summed E-state index contributed by atoms with van der Waals surface area (Å²) >= 11 is 0. The summed E-state index contributed by atoms with van der Waals surface area (Å²) in [5.41, 5.74) is -0.265. The molecule has 2 aliphatic heterocycles. The van der Waals surface area contributed by atoms with Crippen LogP contribution in [0.1, 0.15) is 75.8 Å². The van der Waals surface area contributed by atoms with Crippen molar-refractivity contribution in [3.63, 3.8) is 0 Å². The Hall–Kier alpha value is -4.63. The van der Waals surface area contributed by atoms with Crippen LogP contribution in [0.25, 0.3) is 17.0 Å². The number of carbonyl (C=O) groups excluding carboxylic acids is 3. The predicted molar refractivity (Wildman–Crippen MR) is 179 cm³/mol. The lowest BCUT2D eigenvalue weighted by molar-refractivity contribution is -0.644. The second-order valence-electron chi connectivity index (χ2n) is 12.9. The van der Waals surface area contributed by atoms with Crippen molar-refractivity contribution in [3.05, 3.63) is 88.8 Å². The van der Waals surface area contributed by atoms with Crippen LogP contribution < -0.4 is 9.47 Å². The molecule has 2 aliphatic rings. The zero-order valence-electron chi connectivity index (χ0n) is 28.1. The van der Waals surface area contributed by atoms with Crippen molar-refractivity contribution < 1.29 is 54.3 Å². The van der Waals surface area contributed by atoms with E-state index in [4.69, 9.17) is 4.84 Å². The van der Waals surface area contributed by atoms with Gasteiger partial charge in [0.05, 0.1) is 16.8 Å². The summed E-state index contributed by atoms with van der Waals surface area (Å²) in [5.74, 6) is -9.66. The van der Waals surface area contributed by atoms with Crippen LogP contribution in [0.15, 0.2) is 54.4 Å². The van der Waals surface area contributed by atoms with Crippen LogP contribution in [0.2, 0.25) is 0 Å². The lowest BCUT2D eigenvalue weighted by Gasteiger charge is -2.30. The molecule has 1 N–H and O–H groups in total. The number of fused-ring (bicyclic) bond motifs is 2. The zero-order chi connectivity index (χ0) is 37.1. The second kappa shape index (κ2) is 15.3. The summed E-state index contributed by atoms with van der Waals surface area (Å²) in [6, 6.07) is 9.56. The molecule has 272 valence electrons. The molecule has 1 atom stereocenters. The van der Waals surface area contributed by atoms with Gasteiger partial charge in [0.25, 0.3) is 21.9 Å². The number of carbonyl (C=O) groups is 3. The first-order chi connectivity index (χ1) is 24.1. The Morgan fingerprint density at radius 3 is 2.35 bits per heavy atom.